The number of hydrogen-bond donors (Lipinski definition) is 0. The summed E-state index contributed by atoms with van der Waals surface area (Å²) in [6.07, 6.45) is 3.46. The van der Waals surface area contributed by atoms with Gasteiger partial charge in [0.05, 0.1) is 16.6 Å². The third-order valence-corrected chi connectivity index (χ3v) is 5.52. The molecule has 4 rings (SSSR count). The van der Waals surface area contributed by atoms with Crippen molar-refractivity contribution in [1.29, 1.82) is 0 Å². The summed E-state index contributed by atoms with van der Waals surface area (Å²) < 4.78 is 7.66. The fourth-order valence-corrected chi connectivity index (χ4v) is 4.04. The topological polar surface area (TPSA) is 56.7 Å². The number of nitrogens with zero attached hydrogens (tertiary/aromatic N) is 4. The van der Waals surface area contributed by atoms with Gasteiger partial charge in [-0.15, -0.1) is 22.0 Å². The molecule has 24 heavy (non-hydrogen) atoms. The van der Waals surface area contributed by atoms with Gasteiger partial charge in [-0.1, -0.05) is 18.2 Å². The first-order valence-electron chi connectivity index (χ1n) is 8.29. The molecule has 0 fully saturated rings. The number of aryl methyl sites for hydroxylation is 1. The van der Waals surface area contributed by atoms with Crippen LogP contribution < -0.4 is 0 Å². The molecule has 0 saturated carbocycles. The number of rotatable bonds is 5. The zero-order valence-electron chi connectivity index (χ0n) is 13.9. The standard InChI is InChI=1S/C18H20N4OS/c1-12(18-20-19-13(2)23-18)24-11-16-15-9-6-10-17(15)22(21-16)14-7-4-3-5-8-14/h3-5,7-8,12H,6,9-11H2,1-2H3/t12-/m1/s1. The van der Waals surface area contributed by atoms with Crippen LogP contribution in [-0.2, 0) is 18.6 Å². The van der Waals surface area contributed by atoms with E-state index in [9.17, 15) is 0 Å². The molecule has 3 aromatic rings. The quantitative estimate of drug-likeness (QED) is 0.701. The average molecular weight is 340 g/mol. The van der Waals surface area contributed by atoms with Crippen LogP contribution in [0.4, 0.5) is 0 Å². The maximum atomic E-state index is 5.53. The number of para-hydroxylation sites is 1. The Hall–Kier alpha value is -2.08. The van der Waals surface area contributed by atoms with Gasteiger partial charge in [0, 0.05) is 18.4 Å². The predicted octanol–water partition coefficient (Wildman–Crippen LogP) is 4.05. The van der Waals surface area contributed by atoms with E-state index < -0.39 is 0 Å². The molecule has 5 nitrogen and oxygen atoms in total. The van der Waals surface area contributed by atoms with Gasteiger partial charge < -0.3 is 4.42 Å². The van der Waals surface area contributed by atoms with Gasteiger partial charge in [-0.25, -0.2) is 4.68 Å². The fraction of sp³-hybridized carbons (Fsp3) is 0.389. The normalized spacial score (nSPS) is 14.8. The largest absolute Gasteiger partial charge is 0.424 e. The van der Waals surface area contributed by atoms with E-state index in [1.54, 1.807) is 11.8 Å². The smallest absolute Gasteiger partial charge is 0.229 e. The molecule has 0 amide bonds. The highest BCUT2D eigenvalue weighted by atomic mass is 32.2. The lowest BCUT2D eigenvalue weighted by molar-refractivity contribution is 0.470. The van der Waals surface area contributed by atoms with E-state index in [4.69, 9.17) is 9.52 Å². The monoisotopic (exact) mass is 340 g/mol. The van der Waals surface area contributed by atoms with Crippen molar-refractivity contribution in [2.45, 2.75) is 44.1 Å². The molecule has 1 aliphatic carbocycles. The number of benzene rings is 1. The molecule has 6 heteroatoms. The maximum Gasteiger partial charge on any atom is 0.229 e. The Balaban J connectivity index is 1.56. The van der Waals surface area contributed by atoms with Crippen LogP contribution in [0.5, 0.6) is 0 Å². The molecular formula is C18H20N4OS. The fourth-order valence-electron chi connectivity index (χ4n) is 3.16. The van der Waals surface area contributed by atoms with Crippen molar-refractivity contribution in [3.63, 3.8) is 0 Å². The molecule has 0 saturated heterocycles. The van der Waals surface area contributed by atoms with Crippen molar-refractivity contribution < 1.29 is 4.42 Å². The van der Waals surface area contributed by atoms with E-state index in [0.29, 0.717) is 11.8 Å². The van der Waals surface area contributed by atoms with Crippen molar-refractivity contribution in [2.24, 2.45) is 0 Å². The molecular weight excluding hydrogens is 320 g/mol. The van der Waals surface area contributed by atoms with Crippen LogP contribution in [0.15, 0.2) is 34.7 Å². The minimum Gasteiger partial charge on any atom is -0.424 e. The average Bonchev–Trinajstić information content (AvgIpc) is 3.30. The van der Waals surface area contributed by atoms with Crippen molar-refractivity contribution in [3.05, 3.63) is 59.1 Å². The van der Waals surface area contributed by atoms with Crippen LogP contribution in [0.3, 0.4) is 0 Å². The van der Waals surface area contributed by atoms with Gasteiger partial charge in [0.2, 0.25) is 11.8 Å². The Bertz CT molecular complexity index is 840. The van der Waals surface area contributed by atoms with Gasteiger partial charge in [0.25, 0.3) is 0 Å². The molecule has 0 aliphatic heterocycles. The summed E-state index contributed by atoms with van der Waals surface area (Å²) in [6, 6.07) is 10.4. The molecule has 0 N–H and O–H groups in total. The second-order valence-corrected chi connectivity index (χ2v) is 7.41. The number of fused-ring (bicyclic) bond motifs is 1. The number of aromatic nitrogens is 4. The third kappa shape index (κ3) is 2.86. The first-order valence-corrected chi connectivity index (χ1v) is 9.34. The van der Waals surface area contributed by atoms with Crippen molar-refractivity contribution in [2.75, 3.05) is 0 Å². The van der Waals surface area contributed by atoms with Crippen molar-refractivity contribution >= 4 is 11.8 Å². The van der Waals surface area contributed by atoms with Crippen LogP contribution in [0.1, 0.15) is 47.3 Å². The van der Waals surface area contributed by atoms with E-state index in [-0.39, 0.29) is 5.25 Å². The van der Waals surface area contributed by atoms with Gasteiger partial charge in [-0.05, 0) is 43.9 Å². The van der Waals surface area contributed by atoms with Crippen LogP contribution in [0, 0.1) is 6.92 Å². The lowest BCUT2D eigenvalue weighted by Gasteiger charge is -2.06. The Morgan fingerprint density at radius 3 is 2.79 bits per heavy atom. The predicted molar refractivity (Wildman–Crippen MR) is 94.3 cm³/mol. The molecule has 2 aromatic heterocycles. The number of hydrogen-bond acceptors (Lipinski definition) is 5. The maximum absolute atomic E-state index is 5.53. The summed E-state index contributed by atoms with van der Waals surface area (Å²) in [6.45, 7) is 3.92. The van der Waals surface area contributed by atoms with Crippen LogP contribution in [0.25, 0.3) is 5.69 Å². The van der Waals surface area contributed by atoms with Gasteiger partial charge in [0.1, 0.15) is 0 Å². The van der Waals surface area contributed by atoms with E-state index in [0.717, 1.165) is 24.3 Å². The summed E-state index contributed by atoms with van der Waals surface area (Å²) in [7, 11) is 0. The summed E-state index contributed by atoms with van der Waals surface area (Å²) in [5.41, 5.74) is 5.14. The molecule has 0 bridgehead atoms. The Morgan fingerprint density at radius 2 is 2.04 bits per heavy atom. The lowest BCUT2D eigenvalue weighted by Crippen LogP contribution is -2.01. The first-order chi connectivity index (χ1) is 11.7. The van der Waals surface area contributed by atoms with Gasteiger partial charge in [-0.2, -0.15) is 5.10 Å². The lowest BCUT2D eigenvalue weighted by atomic mass is 10.2. The molecule has 0 radical (unpaired) electrons. The summed E-state index contributed by atoms with van der Waals surface area (Å²) in [4.78, 5) is 0. The highest BCUT2D eigenvalue weighted by molar-refractivity contribution is 7.98. The molecule has 0 unspecified atom stereocenters. The van der Waals surface area contributed by atoms with Crippen LogP contribution >= 0.6 is 11.8 Å². The van der Waals surface area contributed by atoms with E-state index in [2.05, 4.69) is 46.1 Å². The zero-order valence-corrected chi connectivity index (χ0v) is 14.7. The Morgan fingerprint density at radius 1 is 1.21 bits per heavy atom. The van der Waals surface area contributed by atoms with Gasteiger partial charge in [0.15, 0.2) is 0 Å². The van der Waals surface area contributed by atoms with Crippen molar-refractivity contribution in [3.8, 4) is 5.69 Å². The van der Waals surface area contributed by atoms with Crippen molar-refractivity contribution in [1.82, 2.24) is 20.0 Å². The minimum absolute atomic E-state index is 0.171. The van der Waals surface area contributed by atoms with E-state index >= 15 is 0 Å². The van der Waals surface area contributed by atoms with Gasteiger partial charge in [-0.3, -0.25) is 0 Å². The molecule has 1 aromatic carbocycles. The SMILES string of the molecule is Cc1nnc([C@@H](C)SCc2nn(-c3ccccc3)c3c2CCC3)o1. The van der Waals surface area contributed by atoms with Gasteiger partial charge >= 0.3 is 0 Å². The Labute approximate surface area is 145 Å². The first kappa shape index (κ1) is 15.4. The third-order valence-electron chi connectivity index (χ3n) is 4.37. The van der Waals surface area contributed by atoms with Crippen LogP contribution in [-0.4, -0.2) is 20.0 Å². The number of thioether (sulfide) groups is 1. The summed E-state index contributed by atoms with van der Waals surface area (Å²) >= 11 is 1.80. The minimum atomic E-state index is 0.171. The summed E-state index contributed by atoms with van der Waals surface area (Å²) in [5.74, 6) is 2.17. The zero-order chi connectivity index (χ0) is 16.5. The van der Waals surface area contributed by atoms with Crippen LogP contribution in [0.2, 0.25) is 0 Å². The second kappa shape index (κ2) is 6.43. The molecule has 1 aliphatic rings. The summed E-state index contributed by atoms with van der Waals surface area (Å²) in [5, 5.41) is 13.1. The highest BCUT2D eigenvalue weighted by Gasteiger charge is 2.24. The highest BCUT2D eigenvalue weighted by Crippen LogP contribution is 2.34. The molecule has 0 spiro atoms. The Kier molecular flexibility index (Phi) is 4.14. The van der Waals surface area contributed by atoms with E-state index in [1.807, 2.05) is 13.0 Å². The van der Waals surface area contributed by atoms with E-state index in [1.165, 1.54) is 23.4 Å². The molecule has 2 heterocycles. The molecule has 1 atom stereocenters. The molecule has 124 valence electrons. The second-order valence-electron chi connectivity index (χ2n) is 6.09.